The Morgan fingerprint density at radius 2 is 2.00 bits per heavy atom. The first-order valence-corrected chi connectivity index (χ1v) is 7.92. The summed E-state index contributed by atoms with van der Waals surface area (Å²) in [5.74, 6) is 0.845. The molecule has 5 heteroatoms. The van der Waals surface area contributed by atoms with E-state index < -0.39 is 0 Å². The second-order valence-corrected chi connectivity index (χ2v) is 6.24. The highest BCUT2D eigenvalue weighted by Crippen LogP contribution is 2.34. The Balaban J connectivity index is 2.40. The highest BCUT2D eigenvalue weighted by Gasteiger charge is 2.16. The van der Waals surface area contributed by atoms with Crippen LogP contribution in [-0.4, -0.2) is 14.2 Å². The van der Waals surface area contributed by atoms with E-state index in [0.717, 1.165) is 14.7 Å². The molecule has 0 saturated heterocycles. The summed E-state index contributed by atoms with van der Waals surface area (Å²) in [5, 5.41) is 7.59. The Morgan fingerprint density at radius 3 is 2.50 bits per heavy atom. The lowest BCUT2D eigenvalue weighted by Gasteiger charge is -2.17. The van der Waals surface area contributed by atoms with Gasteiger partial charge in [0.1, 0.15) is 5.75 Å². The van der Waals surface area contributed by atoms with Gasteiger partial charge in [-0.3, -0.25) is 0 Å². The Hall–Kier alpha value is -0.360. The SMILES string of the molecule is CNC(c1ccc(OC)c(Br)c1)c1cscc1Br. The van der Waals surface area contributed by atoms with Gasteiger partial charge < -0.3 is 10.1 Å². The Morgan fingerprint density at radius 1 is 1.22 bits per heavy atom. The van der Waals surface area contributed by atoms with Crippen LogP contribution in [0.1, 0.15) is 17.2 Å². The molecule has 0 radical (unpaired) electrons. The fraction of sp³-hybridized carbons (Fsp3) is 0.231. The molecule has 0 amide bonds. The van der Waals surface area contributed by atoms with Crippen LogP contribution < -0.4 is 10.1 Å². The lowest BCUT2D eigenvalue weighted by atomic mass is 10.0. The van der Waals surface area contributed by atoms with E-state index >= 15 is 0 Å². The molecular formula is C13H13Br2NOS. The lowest BCUT2D eigenvalue weighted by Crippen LogP contribution is -2.17. The maximum atomic E-state index is 5.25. The highest BCUT2D eigenvalue weighted by atomic mass is 79.9. The largest absolute Gasteiger partial charge is 0.496 e. The molecule has 0 aliphatic carbocycles. The minimum atomic E-state index is 0.174. The van der Waals surface area contributed by atoms with Crippen molar-refractivity contribution in [2.24, 2.45) is 0 Å². The Kier molecular flexibility index (Phi) is 4.84. The molecule has 18 heavy (non-hydrogen) atoms. The van der Waals surface area contributed by atoms with Crippen LogP contribution in [0.5, 0.6) is 5.75 Å². The molecule has 0 aliphatic rings. The average Bonchev–Trinajstić information content (AvgIpc) is 2.77. The summed E-state index contributed by atoms with van der Waals surface area (Å²) >= 11 is 8.80. The minimum absolute atomic E-state index is 0.174. The molecule has 1 N–H and O–H groups in total. The smallest absolute Gasteiger partial charge is 0.133 e. The van der Waals surface area contributed by atoms with Crippen molar-refractivity contribution in [1.29, 1.82) is 0 Å². The van der Waals surface area contributed by atoms with Gasteiger partial charge in [0, 0.05) is 9.85 Å². The van der Waals surface area contributed by atoms with Gasteiger partial charge in [-0.2, -0.15) is 11.3 Å². The van der Waals surface area contributed by atoms with Crippen molar-refractivity contribution in [1.82, 2.24) is 5.32 Å². The van der Waals surface area contributed by atoms with Crippen molar-refractivity contribution < 1.29 is 4.74 Å². The van der Waals surface area contributed by atoms with Crippen LogP contribution in [-0.2, 0) is 0 Å². The molecule has 1 heterocycles. The minimum Gasteiger partial charge on any atom is -0.496 e. The van der Waals surface area contributed by atoms with Gasteiger partial charge in [-0.05, 0) is 67.5 Å². The Labute approximate surface area is 128 Å². The monoisotopic (exact) mass is 389 g/mol. The van der Waals surface area contributed by atoms with Crippen molar-refractivity contribution in [3.63, 3.8) is 0 Å². The third-order valence-electron chi connectivity index (χ3n) is 2.75. The van der Waals surface area contributed by atoms with E-state index in [-0.39, 0.29) is 6.04 Å². The number of nitrogens with one attached hydrogen (secondary N) is 1. The van der Waals surface area contributed by atoms with Crippen LogP contribution in [0.3, 0.4) is 0 Å². The number of hydrogen-bond donors (Lipinski definition) is 1. The van der Waals surface area contributed by atoms with Gasteiger partial charge in [-0.25, -0.2) is 0 Å². The fourth-order valence-electron chi connectivity index (χ4n) is 1.86. The molecule has 0 aliphatic heterocycles. The van der Waals surface area contributed by atoms with Crippen LogP contribution in [0, 0.1) is 0 Å². The molecular weight excluding hydrogens is 378 g/mol. The number of thiophene rings is 1. The lowest BCUT2D eigenvalue weighted by molar-refractivity contribution is 0.412. The normalized spacial score (nSPS) is 12.4. The third-order valence-corrected chi connectivity index (χ3v) is 5.12. The van der Waals surface area contributed by atoms with Crippen LogP contribution in [0.15, 0.2) is 37.9 Å². The topological polar surface area (TPSA) is 21.3 Å². The van der Waals surface area contributed by atoms with Gasteiger partial charge in [-0.15, -0.1) is 0 Å². The van der Waals surface area contributed by atoms with Gasteiger partial charge >= 0.3 is 0 Å². The zero-order chi connectivity index (χ0) is 13.1. The van der Waals surface area contributed by atoms with E-state index in [9.17, 15) is 0 Å². The van der Waals surface area contributed by atoms with E-state index in [1.165, 1.54) is 11.1 Å². The molecule has 2 rings (SSSR count). The predicted octanol–water partition coefficient (Wildman–Crippen LogP) is 4.59. The molecule has 96 valence electrons. The highest BCUT2D eigenvalue weighted by molar-refractivity contribution is 9.10. The van der Waals surface area contributed by atoms with E-state index in [1.807, 2.05) is 13.1 Å². The maximum absolute atomic E-state index is 5.25. The van der Waals surface area contributed by atoms with Gasteiger partial charge in [-0.1, -0.05) is 6.07 Å². The van der Waals surface area contributed by atoms with Crippen LogP contribution in [0.4, 0.5) is 0 Å². The summed E-state index contributed by atoms with van der Waals surface area (Å²) in [6.45, 7) is 0. The number of benzene rings is 1. The molecule has 0 spiro atoms. The van der Waals surface area contributed by atoms with Gasteiger partial charge in [0.2, 0.25) is 0 Å². The summed E-state index contributed by atoms with van der Waals surface area (Å²) in [7, 11) is 3.64. The van der Waals surface area contributed by atoms with E-state index in [2.05, 4.69) is 60.1 Å². The van der Waals surface area contributed by atoms with Gasteiger partial charge in [0.05, 0.1) is 17.6 Å². The predicted molar refractivity (Wildman–Crippen MR) is 83.6 cm³/mol. The van der Waals surface area contributed by atoms with Crippen LogP contribution >= 0.6 is 43.2 Å². The first-order chi connectivity index (χ1) is 8.67. The fourth-order valence-corrected chi connectivity index (χ4v) is 3.97. The molecule has 1 aromatic heterocycles. The van der Waals surface area contributed by atoms with Gasteiger partial charge in [0.15, 0.2) is 0 Å². The number of halogens is 2. The second-order valence-electron chi connectivity index (χ2n) is 3.79. The summed E-state index contributed by atoms with van der Waals surface area (Å²) in [4.78, 5) is 0. The summed E-state index contributed by atoms with van der Waals surface area (Å²) in [5.41, 5.74) is 2.45. The average molecular weight is 391 g/mol. The maximum Gasteiger partial charge on any atom is 0.133 e. The first kappa shape index (κ1) is 14.1. The molecule has 1 atom stereocenters. The molecule has 0 fully saturated rings. The van der Waals surface area contributed by atoms with Crippen LogP contribution in [0.25, 0.3) is 0 Å². The van der Waals surface area contributed by atoms with Crippen molar-refractivity contribution in [3.05, 3.63) is 49.0 Å². The van der Waals surface area contributed by atoms with Crippen molar-refractivity contribution in [3.8, 4) is 5.75 Å². The number of rotatable bonds is 4. The standard InChI is InChI=1S/C13H13Br2NOS/c1-16-13(9-6-18-7-11(9)15)8-3-4-12(17-2)10(14)5-8/h3-7,13,16H,1-2H3. The van der Waals surface area contributed by atoms with Crippen molar-refractivity contribution in [2.75, 3.05) is 14.2 Å². The zero-order valence-corrected chi connectivity index (χ0v) is 14.0. The molecule has 1 aromatic carbocycles. The van der Waals surface area contributed by atoms with Crippen LogP contribution in [0.2, 0.25) is 0 Å². The molecule has 0 bridgehead atoms. The number of ether oxygens (including phenoxy) is 1. The molecule has 2 nitrogen and oxygen atoms in total. The summed E-state index contributed by atoms with van der Waals surface area (Å²) in [6, 6.07) is 6.32. The molecule has 2 aromatic rings. The van der Waals surface area contributed by atoms with E-state index in [0.29, 0.717) is 0 Å². The molecule has 1 unspecified atom stereocenters. The first-order valence-electron chi connectivity index (χ1n) is 5.39. The number of hydrogen-bond acceptors (Lipinski definition) is 3. The van der Waals surface area contributed by atoms with Crippen molar-refractivity contribution >= 4 is 43.2 Å². The summed E-state index contributed by atoms with van der Waals surface area (Å²) < 4.78 is 7.36. The second kappa shape index (κ2) is 6.19. The van der Waals surface area contributed by atoms with E-state index in [4.69, 9.17) is 4.74 Å². The molecule has 0 saturated carbocycles. The van der Waals surface area contributed by atoms with E-state index in [1.54, 1.807) is 18.4 Å². The summed E-state index contributed by atoms with van der Waals surface area (Å²) in [6.07, 6.45) is 0. The van der Waals surface area contributed by atoms with Gasteiger partial charge in [0.25, 0.3) is 0 Å². The zero-order valence-electron chi connectivity index (χ0n) is 10.0. The number of methoxy groups -OCH3 is 1. The quantitative estimate of drug-likeness (QED) is 0.824. The Bertz CT molecular complexity index is 542. The van der Waals surface area contributed by atoms with Crippen molar-refractivity contribution in [2.45, 2.75) is 6.04 Å². The third kappa shape index (κ3) is 2.79.